The summed E-state index contributed by atoms with van der Waals surface area (Å²) in [6.45, 7) is 3.75. The molecule has 3 heteroatoms. The van der Waals surface area contributed by atoms with Crippen molar-refractivity contribution in [3.63, 3.8) is 0 Å². The van der Waals surface area contributed by atoms with Gasteiger partial charge in [-0.1, -0.05) is 6.92 Å². The van der Waals surface area contributed by atoms with Crippen molar-refractivity contribution in [2.75, 3.05) is 0 Å². The van der Waals surface area contributed by atoms with E-state index in [2.05, 4.69) is 23.0 Å². The molecule has 0 amide bonds. The molecular formula is C12H14N2O. The minimum atomic E-state index is 0.290. The number of hydrogen-bond acceptors (Lipinski definition) is 2. The lowest BCUT2D eigenvalue weighted by atomic mass is 10.2. The fraction of sp³-hybridized carbons (Fsp3) is 0.250. The van der Waals surface area contributed by atoms with Crippen molar-refractivity contribution in [2.24, 2.45) is 0 Å². The summed E-state index contributed by atoms with van der Waals surface area (Å²) in [4.78, 5) is 7.60. The maximum absolute atomic E-state index is 9.15. The van der Waals surface area contributed by atoms with Crippen LogP contribution in [-0.2, 0) is 6.42 Å². The molecule has 2 N–H and O–H groups in total. The van der Waals surface area contributed by atoms with Gasteiger partial charge in [-0.15, -0.1) is 0 Å². The molecule has 2 aromatic heterocycles. The minimum Gasteiger partial charge on any atom is -0.513 e. The zero-order chi connectivity index (χ0) is 10.8. The van der Waals surface area contributed by atoms with Crippen LogP contribution in [0.25, 0.3) is 17.1 Å². The third-order valence-electron chi connectivity index (χ3n) is 2.30. The second kappa shape index (κ2) is 3.77. The summed E-state index contributed by atoms with van der Waals surface area (Å²) in [7, 11) is 0. The van der Waals surface area contributed by atoms with E-state index in [-0.39, 0.29) is 0 Å². The van der Waals surface area contributed by atoms with Crippen LogP contribution >= 0.6 is 0 Å². The van der Waals surface area contributed by atoms with Crippen LogP contribution in [-0.4, -0.2) is 15.1 Å². The second-order valence-corrected chi connectivity index (χ2v) is 3.64. The average molecular weight is 202 g/mol. The van der Waals surface area contributed by atoms with Gasteiger partial charge in [0.1, 0.15) is 0 Å². The van der Waals surface area contributed by atoms with Gasteiger partial charge >= 0.3 is 0 Å². The smallest absolute Gasteiger partial charge is 0.0898 e. The van der Waals surface area contributed by atoms with Crippen LogP contribution in [0, 0.1) is 0 Å². The van der Waals surface area contributed by atoms with Gasteiger partial charge < -0.3 is 10.1 Å². The Morgan fingerprint density at radius 1 is 1.53 bits per heavy atom. The van der Waals surface area contributed by atoms with E-state index < -0.39 is 0 Å². The molecule has 78 valence electrons. The number of aromatic amines is 1. The minimum absolute atomic E-state index is 0.290. The molecule has 15 heavy (non-hydrogen) atoms. The Kier molecular flexibility index (Phi) is 2.46. The summed E-state index contributed by atoms with van der Waals surface area (Å²) in [5.41, 5.74) is 4.08. The highest BCUT2D eigenvalue weighted by atomic mass is 16.3. The zero-order valence-corrected chi connectivity index (χ0v) is 8.91. The molecule has 2 rings (SSSR count). The number of nitrogens with zero attached hydrogens (tertiary/aromatic N) is 1. The first-order valence-corrected chi connectivity index (χ1v) is 5.04. The van der Waals surface area contributed by atoms with Gasteiger partial charge in [-0.25, -0.2) is 0 Å². The Labute approximate surface area is 88.5 Å². The maximum Gasteiger partial charge on any atom is 0.0898 e. The van der Waals surface area contributed by atoms with E-state index in [1.54, 1.807) is 19.2 Å². The molecule has 0 atom stereocenters. The molecule has 0 radical (unpaired) electrons. The predicted molar refractivity (Wildman–Crippen MR) is 61.8 cm³/mol. The summed E-state index contributed by atoms with van der Waals surface area (Å²) in [6.07, 6.45) is 4.43. The number of hydrogen-bond donors (Lipinski definition) is 2. The lowest BCUT2D eigenvalue weighted by Gasteiger charge is -1.94. The molecule has 2 aromatic rings. The lowest BCUT2D eigenvalue weighted by molar-refractivity contribution is 0.420. The van der Waals surface area contributed by atoms with Gasteiger partial charge in [-0.05, 0) is 37.1 Å². The van der Waals surface area contributed by atoms with E-state index in [1.807, 2.05) is 6.07 Å². The van der Waals surface area contributed by atoms with E-state index in [9.17, 15) is 0 Å². The standard InChI is InChI=1S/C12H14N2O/c1-3-10-6-11-12(14-10)5-9(7-13-11)4-8(2)15/h4-7,14-15H,3H2,1-2H3/b8-4-. The SMILES string of the molecule is CCc1cc2ncc(/C=C(/C)O)cc2[nH]1. The quantitative estimate of drug-likeness (QED) is 0.735. The number of H-pyrrole nitrogens is 1. The van der Waals surface area contributed by atoms with Crippen molar-refractivity contribution >= 4 is 17.1 Å². The topological polar surface area (TPSA) is 48.9 Å². The van der Waals surface area contributed by atoms with E-state index in [1.165, 1.54) is 5.69 Å². The average Bonchev–Trinajstić information content (AvgIpc) is 2.58. The van der Waals surface area contributed by atoms with Gasteiger partial charge in [-0.3, -0.25) is 4.98 Å². The van der Waals surface area contributed by atoms with Crippen LogP contribution in [0.5, 0.6) is 0 Å². The summed E-state index contributed by atoms with van der Waals surface area (Å²) >= 11 is 0. The highest BCUT2D eigenvalue weighted by Crippen LogP contribution is 2.16. The predicted octanol–water partition coefficient (Wildman–Crippen LogP) is 3.04. The van der Waals surface area contributed by atoms with Gasteiger partial charge in [0.25, 0.3) is 0 Å². The molecule has 2 heterocycles. The van der Waals surface area contributed by atoms with E-state index in [4.69, 9.17) is 5.11 Å². The van der Waals surface area contributed by atoms with Crippen LogP contribution in [0.3, 0.4) is 0 Å². The molecule has 0 aromatic carbocycles. The van der Waals surface area contributed by atoms with Crippen molar-refractivity contribution in [2.45, 2.75) is 20.3 Å². The highest BCUT2D eigenvalue weighted by Gasteiger charge is 2.00. The van der Waals surface area contributed by atoms with Crippen molar-refractivity contribution in [3.8, 4) is 0 Å². The van der Waals surface area contributed by atoms with Gasteiger partial charge in [0.15, 0.2) is 0 Å². The number of allylic oxidation sites excluding steroid dienone is 1. The number of pyridine rings is 1. The Bertz CT molecular complexity index is 507. The number of fused-ring (bicyclic) bond motifs is 1. The monoisotopic (exact) mass is 202 g/mol. The molecule has 0 saturated heterocycles. The Hall–Kier alpha value is -1.77. The third-order valence-corrected chi connectivity index (χ3v) is 2.30. The van der Waals surface area contributed by atoms with Gasteiger partial charge in [0.2, 0.25) is 0 Å². The highest BCUT2D eigenvalue weighted by molar-refractivity contribution is 5.78. The fourth-order valence-corrected chi connectivity index (χ4v) is 1.59. The van der Waals surface area contributed by atoms with Crippen molar-refractivity contribution in [3.05, 3.63) is 35.3 Å². The molecule has 0 saturated carbocycles. The Morgan fingerprint density at radius 3 is 3.00 bits per heavy atom. The van der Waals surface area contributed by atoms with Crippen molar-refractivity contribution < 1.29 is 5.11 Å². The van der Waals surface area contributed by atoms with Crippen LogP contribution in [0.1, 0.15) is 25.1 Å². The molecular weight excluding hydrogens is 188 g/mol. The van der Waals surface area contributed by atoms with Crippen LogP contribution < -0.4 is 0 Å². The summed E-state index contributed by atoms with van der Waals surface area (Å²) in [6, 6.07) is 4.04. The fourth-order valence-electron chi connectivity index (χ4n) is 1.59. The molecule has 0 aliphatic rings. The summed E-state index contributed by atoms with van der Waals surface area (Å²) < 4.78 is 0. The number of aliphatic hydroxyl groups is 1. The summed E-state index contributed by atoms with van der Waals surface area (Å²) in [5.74, 6) is 0.290. The van der Waals surface area contributed by atoms with Crippen LogP contribution in [0.2, 0.25) is 0 Å². The Morgan fingerprint density at radius 2 is 2.33 bits per heavy atom. The third kappa shape index (κ3) is 2.01. The van der Waals surface area contributed by atoms with E-state index >= 15 is 0 Å². The van der Waals surface area contributed by atoms with Gasteiger partial charge in [0, 0.05) is 11.9 Å². The van der Waals surface area contributed by atoms with E-state index in [0.717, 1.165) is 23.0 Å². The number of aliphatic hydroxyl groups excluding tert-OH is 1. The first-order chi connectivity index (χ1) is 7.19. The van der Waals surface area contributed by atoms with Crippen molar-refractivity contribution in [1.82, 2.24) is 9.97 Å². The number of aryl methyl sites for hydroxylation is 1. The van der Waals surface area contributed by atoms with E-state index in [0.29, 0.717) is 5.76 Å². The van der Waals surface area contributed by atoms with Gasteiger partial charge in [-0.2, -0.15) is 0 Å². The molecule has 0 aliphatic heterocycles. The van der Waals surface area contributed by atoms with Gasteiger partial charge in [0.05, 0.1) is 16.8 Å². The Balaban J connectivity index is 2.50. The van der Waals surface area contributed by atoms with Crippen LogP contribution in [0.15, 0.2) is 24.1 Å². The first kappa shape index (κ1) is 9.77. The number of nitrogens with one attached hydrogen (secondary N) is 1. The maximum atomic E-state index is 9.15. The van der Waals surface area contributed by atoms with Crippen molar-refractivity contribution in [1.29, 1.82) is 0 Å². The van der Waals surface area contributed by atoms with Crippen LogP contribution in [0.4, 0.5) is 0 Å². The molecule has 0 unspecified atom stereocenters. The number of rotatable bonds is 2. The molecule has 3 nitrogen and oxygen atoms in total. The molecule has 0 aliphatic carbocycles. The summed E-state index contributed by atoms with van der Waals surface area (Å²) in [5, 5.41) is 9.15. The molecule has 0 bridgehead atoms. The molecule has 0 fully saturated rings. The zero-order valence-electron chi connectivity index (χ0n) is 8.91. The lowest BCUT2D eigenvalue weighted by Crippen LogP contribution is -1.80. The molecule has 0 spiro atoms. The normalized spacial score (nSPS) is 12.3. The second-order valence-electron chi connectivity index (χ2n) is 3.64. The number of aromatic nitrogens is 2. The first-order valence-electron chi connectivity index (χ1n) is 5.04. The largest absolute Gasteiger partial charge is 0.513 e.